The molecule has 2 atom stereocenters. The third kappa shape index (κ3) is 7.68. The molecule has 0 aliphatic heterocycles. The van der Waals surface area contributed by atoms with Gasteiger partial charge in [0.2, 0.25) is 11.8 Å². The summed E-state index contributed by atoms with van der Waals surface area (Å²) in [4.78, 5) is 28.4. The van der Waals surface area contributed by atoms with E-state index in [0.29, 0.717) is 22.8 Å². The van der Waals surface area contributed by atoms with E-state index in [9.17, 15) is 18.0 Å². The highest BCUT2D eigenvalue weighted by Crippen LogP contribution is 2.32. The number of ether oxygens (including phenoxy) is 1. The Kier molecular flexibility index (Phi) is 10.8. The van der Waals surface area contributed by atoms with Gasteiger partial charge in [-0.3, -0.25) is 13.9 Å². The van der Waals surface area contributed by atoms with Crippen LogP contribution in [-0.2, 0) is 26.2 Å². The van der Waals surface area contributed by atoms with Crippen LogP contribution in [0.25, 0.3) is 0 Å². The Hall–Kier alpha value is -3.27. The average Bonchev–Trinajstić information content (AvgIpc) is 2.94. The Labute approximate surface area is 245 Å². The zero-order chi connectivity index (χ0) is 29.4. The van der Waals surface area contributed by atoms with E-state index in [2.05, 4.69) is 5.32 Å². The first kappa shape index (κ1) is 31.3. The van der Waals surface area contributed by atoms with Gasteiger partial charge in [0.05, 0.1) is 22.7 Å². The van der Waals surface area contributed by atoms with E-state index in [-0.39, 0.29) is 34.1 Å². The molecular weight excluding hydrogens is 573 g/mol. The summed E-state index contributed by atoms with van der Waals surface area (Å²) in [6, 6.07) is 18.2. The monoisotopic (exact) mass is 605 g/mol. The van der Waals surface area contributed by atoms with Gasteiger partial charge in [-0.2, -0.15) is 0 Å². The summed E-state index contributed by atoms with van der Waals surface area (Å²) >= 11 is 12.5. The molecule has 1 N–H and O–H groups in total. The normalized spacial score (nSPS) is 12.8. The van der Waals surface area contributed by atoms with Crippen molar-refractivity contribution in [3.8, 4) is 5.75 Å². The highest BCUT2D eigenvalue weighted by atomic mass is 35.5. The van der Waals surface area contributed by atoms with Gasteiger partial charge in [0.1, 0.15) is 18.3 Å². The largest absolute Gasteiger partial charge is 0.495 e. The number of methoxy groups -OCH3 is 1. The fourth-order valence-corrected chi connectivity index (χ4v) is 5.83. The number of nitrogens with zero attached hydrogens (tertiary/aromatic N) is 2. The summed E-state index contributed by atoms with van der Waals surface area (Å²) in [5.41, 5.74) is 0.858. The van der Waals surface area contributed by atoms with Crippen molar-refractivity contribution in [2.24, 2.45) is 0 Å². The van der Waals surface area contributed by atoms with Crippen molar-refractivity contribution < 1.29 is 22.7 Å². The SMILES string of the molecule is CC[C@@H](C)NC(=O)[C@H](C)N(Cc1cccc(Cl)c1)C(=O)CN(c1ccc(OC)c(Cl)c1)S(=O)(=O)c1ccccc1. The second-order valence-electron chi connectivity index (χ2n) is 9.29. The summed E-state index contributed by atoms with van der Waals surface area (Å²) in [6.07, 6.45) is 0.710. The van der Waals surface area contributed by atoms with Crippen LogP contribution in [-0.4, -0.2) is 50.9 Å². The van der Waals surface area contributed by atoms with Gasteiger partial charge < -0.3 is 15.0 Å². The first-order valence-electron chi connectivity index (χ1n) is 12.7. The number of rotatable bonds is 12. The van der Waals surface area contributed by atoms with Crippen LogP contribution in [0.15, 0.2) is 77.7 Å². The molecule has 214 valence electrons. The van der Waals surface area contributed by atoms with Crippen LogP contribution in [0.5, 0.6) is 5.75 Å². The minimum atomic E-state index is -4.20. The van der Waals surface area contributed by atoms with Crippen molar-refractivity contribution in [3.63, 3.8) is 0 Å². The fourth-order valence-electron chi connectivity index (χ4n) is 3.94. The number of halogens is 2. The molecule has 40 heavy (non-hydrogen) atoms. The first-order chi connectivity index (χ1) is 19.0. The molecule has 0 saturated carbocycles. The Bertz CT molecular complexity index is 1440. The Morgan fingerprint density at radius 1 is 0.975 bits per heavy atom. The minimum Gasteiger partial charge on any atom is -0.495 e. The van der Waals surface area contributed by atoms with Crippen molar-refractivity contribution in [3.05, 3.63) is 88.4 Å². The van der Waals surface area contributed by atoms with E-state index in [1.165, 1.54) is 42.3 Å². The number of anilines is 1. The Balaban J connectivity index is 2.05. The molecule has 11 heteroatoms. The van der Waals surface area contributed by atoms with E-state index in [0.717, 1.165) is 4.31 Å². The molecule has 0 radical (unpaired) electrons. The summed E-state index contributed by atoms with van der Waals surface area (Å²) in [6.45, 7) is 4.88. The number of nitrogens with one attached hydrogen (secondary N) is 1. The third-order valence-electron chi connectivity index (χ3n) is 6.44. The van der Waals surface area contributed by atoms with E-state index < -0.39 is 28.5 Å². The summed E-state index contributed by atoms with van der Waals surface area (Å²) in [7, 11) is -2.76. The van der Waals surface area contributed by atoms with Gasteiger partial charge in [-0.05, 0) is 68.3 Å². The van der Waals surface area contributed by atoms with Gasteiger partial charge in [0.25, 0.3) is 10.0 Å². The van der Waals surface area contributed by atoms with Gasteiger partial charge in [0, 0.05) is 17.6 Å². The average molecular weight is 607 g/mol. The maximum atomic E-state index is 14.0. The molecule has 0 unspecified atom stereocenters. The van der Waals surface area contributed by atoms with Gasteiger partial charge in [-0.25, -0.2) is 8.42 Å². The molecule has 3 rings (SSSR count). The smallest absolute Gasteiger partial charge is 0.264 e. The van der Waals surface area contributed by atoms with Crippen LogP contribution in [0.4, 0.5) is 5.69 Å². The zero-order valence-corrected chi connectivity index (χ0v) is 25.1. The lowest BCUT2D eigenvalue weighted by Gasteiger charge is -2.32. The molecule has 3 aromatic carbocycles. The van der Waals surface area contributed by atoms with Gasteiger partial charge in [0.15, 0.2) is 0 Å². The van der Waals surface area contributed by atoms with Gasteiger partial charge in [-0.1, -0.05) is 60.5 Å². The number of carbonyl (C=O) groups is 2. The number of benzene rings is 3. The van der Waals surface area contributed by atoms with Crippen molar-refractivity contribution in [1.82, 2.24) is 10.2 Å². The van der Waals surface area contributed by atoms with E-state index >= 15 is 0 Å². The highest BCUT2D eigenvalue weighted by Gasteiger charge is 2.33. The van der Waals surface area contributed by atoms with Gasteiger partial charge in [-0.15, -0.1) is 0 Å². The molecule has 0 aliphatic carbocycles. The topological polar surface area (TPSA) is 96.0 Å². The van der Waals surface area contributed by atoms with Crippen LogP contribution in [0, 0.1) is 0 Å². The molecule has 0 heterocycles. The molecule has 8 nitrogen and oxygen atoms in total. The number of hydrogen-bond donors (Lipinski definition) is 1. The molecule has 0 aliphatic rings. The molecular formula is C29H33Cl2N3O5S. The lowest BCUT2D eigenvalue weighted by Crippen LogP contribution is -2.52. The minimum absolute atomic E-state index is 0.00121. The van der Waals surface area contributed by atoms with Crippen LogP contribution in [0.2, 0.25) is 10.0 Å². The molecule has 0 fully saturated rings. The maximum Gasteiger partial charge on any atom is 0.264 e. The second-order valence-corrected chi connectivity index (χ2v) is 12.0. The Morgan fingerprint density at radius 3 is 2.27 bits per heavy atom. The maximum absolute atomic E-state index is 14.0. The third-order valence-corrected chi connectivity index (χ3v) is 8.76. The quantitative estimate of drug-likeness (QED) is 0.293. The molecule has 0 saturated heterocycles. The standard InChI is InChI=1S/C29H33Cl2N3O5S/c1-5-20(2)32-29(36)21(3)33(18-22-10-9-11-23(30)16-22)28(35)19-34(24-14-15-27(39-4)26(31)17-24)40(37,38)25-12-7-6-8-13-25/h6-17,20-21H,5,18-19H2,1-4H3,(H,32,36)/t20-,21+/m1/s1. The number of sulfonamides is 1. The van der Waals surface area contributed by atoms with Crippen LogP contribution in [0.1, 0.15) is 32.8 Å². The molecule has 3 aromatic rings. The van der Waals surface area contributed by atoms with Crippen molar-refractivity contribution in [2.75, 3.05) is 18.0 Å². The fraction of sp³-hybridized carbons (Fsp3) is 0.310. The first-order valence-corrected chi connectivity index (χ1v) is 14.9. The van der Waals surface area contributed by atoms with Crippen molar-refractivity contribution in [2.45, 2.75) is 50.7 Å². The second kappa shape index (κ2) is 13.9. The summed E-state index contributed by atoms with van der Waals surface area (Å²) in [5, 5.41) is 3.55. The summed E-state index contributed by atoms with van der Waals surface area (Å²) < 4.78 is 33.9. The highest BCUT2D eigenvalue weighted by molar-refractivity contribution is 7.92. The summed E-state index contributed by atoms with van der Waals surface area (Å²) in [5.74, 6) is -0.584. The van der Waals surface area contributed by atoms with Gasteiger partial charge >= 0.3 is 0 Å². The Morgan fingerprint density at radius 2 is 1.68 bits per heavy atom. The van der Waals surface area contributed by atoms with E-state index in [1.54, 1.807) is 49.4 Å². The molecule has 2 amide bonds. The van der Waals surface area contributed by atoms with E-state index in [1.807, 2.05) is 13.8 Å². The van der Waals surface area contributed by atoms with Crippen molar-refractivity contribution >= 4 is 50.7 Å². The van der Waals surface area contributed by atoms with Crippen LogP contribution in [0.3, 0.4) is 0 Å². The lowest BCUT2D eigenvalue weighted by molar-refractivity contribution is -0.139. The van der Waals surface area contributed by atoms with Crippen LogP contribution < -0.4 is 14.4 Å². The predicted molar refractivity (Wildman–Crippen MR) is 158 cm³/mol. The number of carbonyl (C=O) groups excluding carboxylic acids is 2. The number of hydrogen-bond acceptors (Lipinski definition) is 5. The molecule has 0 spiro atoms. The lowest BCUT2D eigenvalue weighted by atomic mass is 10.1. The predicted octanol–water partition coefficient (Wildman–Crippen LogP) is 5.53. The van der Waals surface area contributed by atoms with E-state index in [4.69, 9.17) is 27.9 Å². The number of amides is 2. The van der Waals surface area contributed by atoms with Crippen molar-refractivity contribution in [1.29, 1.82) is 0 Å². The zero-order valence-electron chi connectivity index (χ0n) is 22.8. The molecule has 0 bridgehead atoms. The molecule has 0 aromatic heterocycles. The van der Waals surface area contributed by atoms with Crippen LogP contribution >= 0.6 is 23.2 Å².